The standard InChI is InChI=1S/C17H16O3/c1-12-6-5-9-16-17(12)13(11-20-16)10-19-15-8-4-3-7-14(15)18-2/h3-9,11H,10H2,1-2H3. The summed E-state index contributed by atoms with van der Waals surface area (Å²) in [6.45, 7) is 2.53. The summed E-state index contributed by atoms with van der Waals surface area (Å²) >= 11 is 0. The van der Waals surface area contributed by atoms with Crippen molar-refractivity contribution in [3.05, 3.63) is 59.9 Å². The van der Waals surface area contributed by atoms with Crippen molar-refractivity contribution in [2.45, 2.75) is 13.5 Å². The summed E-state index contributed by atoms with van der Waals surface area (Å²) in [4.78, 5) is 0. The first-order valence-electron chi connectivity index (χ1n) is 6.51. The predicted octanol–water partition coefficient (Wildman–Crippen LogP) is 4.33. The Morgan fingerprint density at radius 2 is 1.80 bits per heavy atom. The van der Waals surface area contributed by atoms with Gasteiger partial charge in [0.1, 0.15) is 12.2 Å². The van der Waals surface area contributed by atoms with Gasteiger partial charge in [-0.3, -0.25) is 0 Å². The first kappa shape index (κ1) is 12.6. The van der Waals surface area contributed by atoms with Gasteiger partial charge in [-0.25, -0.2) is 0 Å². The first-order valence-corrected chi connectivity index (χ1v) is 6.51. The maximum absolute atomic E-state index is 5.85. The normalized spacial score (nSPS) is 10.7. The third kappa shape index (κ3) is 2.23. The van der Waals surface area contributed by atoms with Crippen LogP contribution in [0.5, 0.6) is 11.5 Å². The van der Waals surface area contributed by atoms with E-state index in [9.17, 15) is 0 Å². The van der Waals surface area contributed by atoms with Gasteiger partial charge in [-0.05, 0) is 30.7 Å². The zero-order chi connectivity index (χ0) is 13.9. The second-order valence-electron chi connectivity index (χ2n) is 4.65. The molecule has 1 heterocycles. The Kier molecular flexibility index (Phi) is 3.33. The van der Waals surface area contributed by atoms with E-state index in [-0.39, 0.29) is 0 Å². The monoisotopic (exact) mass is 268 g/mol. The minimum Gasteiger partial charge on any atom is -0.493 e. The number of fused-ring (bicyclic) bond motifs is 1. The molecule has 0 N–H and O–H groups in total. The Balaban J connectivity index is 1.87. The van der Waals surface area contributed by atoms with Crippen LogP contribution in [0.4, 0.5) is 0 Å². The molecule has 0 saturated carbocycles. The van der Waals surface area contributed by atoms with E-state index in [2.05, 4.69) is 13.0 Å². The second kappa shape index (κ2) is 5.29. The van der Waals surface area contributed by atoms with E-state index >= 15 is 0 Å². The Morgan fingerprint density at radius 1 is 1.00 bits per heavy atom. The highest BCUT2D eigenvalue weighted by Crippen LogP contribution is 2.29. The molecule has 0 bridgehead atoms. The highest BCUT2D eigenvalue weighted by molar-refractivity contribution is 5.84. The van der Waals surface area contributed by atoms with Crippen LogP contribution >= 0.6 is 0 Å². The van der Waals surface area contributed by atoms with E-state index in [0.29, 0.717) is 6.61 Å². The molecule has 3 heteroatoms. The molecule has 0 radical (unpaired) electrons. The van der Waals surface area contributed by atoms with Crippen LogP contribution < -0.4 is 9.47 Å². The van der Waals surface area contributed by atoms with Crippen molar-refractivity contribution in [3.63, 3.8) is 0 Å². The number of ether oxygens (including phenoxy) is 2. The molecule has 2 aromatic carbocycles. The predicted molar refractivity (Wildman–Crippen MR) is 78.3 cm³/mol. The number of hydrogen-bond donors (Lipinski definition) is 0. The maximum Gasteiger partial charge on any atom is 0.161 e. The van der Waals surface area contributed by atoms with Crippen LogP contribution in [0.3, 0.4) is 0 Å². The van der Waals surface area contributed by atoms with Crippen molar-refractivity contribution < 1.29 is 13.9 Å². The van der Waals surface area contributed by atoms with E-state index in [1.54, 1.807) is 13.4 Å². The highest BCUT2D eigenvalue weighted by atomic mass is 16.5. The van der Waals surface area contributed by atoms with Gasteiger partial charge in [-0.15, -0.1) is 0 Å². The summed E-state index contributed by atoms with van der Waals surface area (Å²) < 4.78 is 16.7. The Morgan fingerprint density at radius 3 is 2.60 bits per heavy atom. The summed E-state index contributed by atoms with van der Waals surface area (Å²) in [5.41, 5.74) is 3.13. The lowest BCUT2D eigenvalue weighted by Gasteiger charge is -2.09. The van der Waals surface area contributed by atoms with E-state index < -0.39 is 0 Å². The minimum atomic E-state index is 0.457. The molecule has 20 heavy (non-hydrogen) atoms. The molecule has 0 unspecified atom stereocenters. The van der Waals surface area contributed by atoms with E-state index in [1.165, 1.54) is 5.56 Å². The van der Waals surface area contributed by atoms with Gasteiger partial charge < -0.3 is 13.9 Å². The maximum atomic E-state index is 5.85. The number of aryl methyl sites for hydroxylation is 1. The zero-order valence-corrected chi connectivity index (χ0v) is 11.6. The molecular formula is C17H16O3. The van der Waals surface area contributed by atoms with Crippen molar-refractivity contribution >= 4 is 11.0 Å². The van der Waals surface area contributed by atoms with Gasteiger partial charge in [0.05, 0.1) is 13.4 Å². The molecular weight excluding hydrogens is 252 g/mol. The molecule has 1 aromatic heterocycles. The lowest BCUT2D eigenvalue weighted by atomic mass is 10.1. The molecule has 0 spiro atoms. The quantitative estimate of drug-likeness (QED) is 0.705. The van der Waals surface area contributed by atoms with Crippen molar-refractivity contribution in [2.24, 2.45) is 0 Å². The highest BCUT2D eigenvalue weighted by Gasteiger charge is 2.10. The summed E-state index contributed by atoms with van der Waals surface area (Å²) in [7, 11) is 1.64. The van der Waals surface area contributed by atoms with Gasteiger partial charge in [0, 0.05) is 10.9 Å². The number of furan rings is 1. The Hall–Kier alpha value is -2.42. The van der Waals surface area contributed by atoms with Crippen LogP contribution in [0, 0.1) is 6.92 Å². The van der Waals surface area contributed by atoms with Crippen LogP contribution in [0.2, 0.25) is 0 Å². The van der Waals surface area contributed by atoms with E-state index in [1.807, 2.05) is 36.4 Å². The molecule has 3 nitrogen and oxygen atoms in total. The van der Waals surface area contributed by atoms with E-state index in [0.717, 1.165) is 28.0 Å². The van der Waals surface area contributed by atoms with Gasteiger partial charge in [0.25, 0.3) is 0 Å². The molecule has 0 saturated heterocycles. The third-order valence-corrected chi connectivity index (χ3v) is 3.34. The van der Waals surface area contributed by atoms with Crippen LogP contribution in [0.15, 0.2) is 53.1 Å². The van der Waals surface area contributed by atoms with E-state index in [4.69, 9.17) is 13.9 Å². The molecule has 0 amide bonds. The minimum absolute atomic E-state index is 0.457. The summed E-state index contributed by atoms with van der Waals surface area (Å²) in [5.74, 6) is 1.47. The summed E-state index contributed by atoms with van der Waals surface area (Å²) in [6.07, 6.45) is 1.76. The average molecular weight is 268 g/mol. The molecule has 0 aliphatic carbocycles. The number of benzene rings is 2. The Labute approximate surface area is 117 Å². The van der Waals surface area contributed by atoms with Gasteiger partial charge in [-0.1, -0.05) is 24.3 Å². The fourth-order valence-corrected chi connectivity index (χ4v) is 2.34. The lowest BCUT2D eigenvalue weighted by molar-refractivity contribution is 0.284. The van der Waals surface area contributed by atoms with Crippen molar-refractivity contribution in [1.29, 1.82) is 0 Å². The second-order valence-corrected chi connectivity index (χ2v) is 4.65. The topological polar surface area (TPSA) is 31.6 Å². The SMILES string of the molecule is COc1ccccc1OCc1coc2cccc(C)c12. The number of para-hydroxylation sites is 2. The molecule has 0 atom stereocenters. The van der Waals surface area contributed by atoms with Crippen LogP contribution in [-0.4, -0.2) is 7.11 Å². The van der Waals surface area contributed by atoms with Crippen LogP contribution in [0.1, 0.15) is 11.1 Å². The fourth-order valence-electron chi connectivity index (χ4n) is 2.34. The zero-order valence-electron chi connectivity index (χ0n) is 11.6. The fraction of sp³-hybridized carbons (Fsp3) is 0.176. The average Bonchev–Trinajstić information content (AvgIpc) is 2.90. The van der Waals surface area contributed by atoms with Crippen molar-refractivity contribution in [3.8, 4) is 11.5 Å². The van der Waals surface area contributed by atoms with Crippen molar-refractivity contribution in [2.75, 3.05) is 7.11 Å². The number of methoxy groups -OCH3 is 1. The number of hydrogen-bond acceptors (Lipinski definition) is 3. The molecule has 0 fully saturated rings. The molecule has 3 rings (SSSR count). The molecule has 0 aliphatic heterocycles. The van der Waals surface area contributed by atoms with Gasteiger partial charge in [0.15, 0.2) is 11.5 Å². The summed E-state index contributed by atoms with van der Waals surface area (Å²) in [5, 5.41) is 1.13. The smallest absolute Gasteiger partial charge is 0.161 e. The molecule has 0 aliphatic rings. The third-order valence-electron chi connectivity index (χ3n) is 3.34. The largest absolute Gasteiger partial charge is 0.493 e. The molecule has 102 valence electrons. The number of rotatable bonds is 4. The van der Waals surface area contributed by atoms with Gasteiger partial charge in [-0.2, -0.15) is 0 Å². The van der Waals surface area contributed by atoms with Gasteiger partial charge in [0.2, 0.25) is 0 Å². The van der Waals surface area contributed by atoms with Crippen LogP contribution in [-0.2, 0) is 6.61 Å². The molecule has 3 aromatic rings. The van der Waals surface area contributed by atoms with Crippen LogP contribution in [0.25, 0.3) is 11.0 Å². The van der Waals surface area contributed by atoms with Gasteiger partial charge >= 0.3 is 0 Å². The lowest BCUT2D eigenvalue weighted by Crippen LogP contribution is -1.97. The Bertz CT molecular complexity index is 728. The summed E-state index contributed by atoms with van der Waals surface area (Å²) in [6, 6.07) is 13.7. The van der Waals surface area contributed by atoms with Crippen molar-refractivity contribution in [1.82, 2.24) is 0 Å². The first-order chi connectivity index (χ1) is 9.79.